The summed E-state index contributed by atoms with van der Waals surface area (Å²) in [4.78, 5) is 0. The Morgan fingerprint density at radius 3 is 2.44 bits per heavy atom. The molecule has 1 unspecified atom stereocenters. The van der Waals surface area contributed by atoms with Crippen molar-refractivity contribution in [1.82, 2.24) is 5.32 Å². The van der Waals surface area contributed by atoms with Gasteiger partial charge < -0.3 is 10.4 Å². The number of hydrogen-bond acceptors (Lipinski definition) is 2. The van der Waals surface area contributed by atoms with E-state index in [4.69, 9.17) is 5.11 Å². The molecule has 0 heterocycles. The number of aliphatic hydroxyl groups is 1. The van der Waals surface area contributed by atoms with E-state index in [0.29, 0.717) is 17.7 Å². The summed E-state index contributed by atoms with van der Waals surface area (Å²) in [6.45, 7) is 7.68. The second-order valence-corrected chi connectivity index (χ2v) is 5.55. The lowest BCUT2D eigenvalue weighted by molar-refractivity contribution is 0.153. The Morgan fingerprint density at radius 1 is 1.28 bits per heavy atom. The quantitative estimate of drug-likeness (QED) is 0.850. The van der Waals surface area contributed by atoms with Crippen molar-refractivity contribution in [3.05, 3.63) is 34.9 Å². The van der Waals surface area contributed by atoms with Gasteiger partial charge in [-0.25, -0.2) is 8.78 Å². The molecule has 0 aromatic heterocycles. The normalized spacial score (nSPS) is 13.7. The third-order valence-corrected chi connectivity index (χ3v) is 3.06. The summed E-state index contributed by atoms with van der Waals surface area (Å²) >= 11 is 0. The second kappa shape index (κ2) is 5.76. The van der Waals surface area contributed by atoms with E-state index in [1.807, 2.05) is 13.8 Å². The molecule has 0 fully saturated rings. The Hall–Kier alpha value is -1.00. The molecule has 0 bridgehead atoms. The van der Waals surface area contributed by atoms with Crippen LogP contribution in [0.25, 0.3) is 0 Å². The van der Waals surface area contributed by atoms with Crippen LogP contribution in [-0.2, 0) is 0 Å². The number of benzene rings is 1. The molecule has 2 N–H and O–H groups in total. The van der Waals surface area contributed by atoms with E-state index in [-0.39, 0.29) is 18.1 Å². The average molecular weight is 257 g/mol. The van der Waals surface area contributed by atoms with Crippen LogP contribution in [0.1, 0.15) is 37.9 Å². The smallest absolute Gasteiger partial charge is 0.128 e. The fourth-order valence-electron chi connectivity index (χ4n) is 1.59. The van der Waals surface area contributed by atoms with Crippen LogP contribution in [0.3, 0.4) is 0 Å². The Kier molecular flexibility index (Phi) is 4.82. The van der Waals surface area contributed by atoms with Gasteiger partial charge in [-0.3, -0.25) is 0 Å². The van der Waals surface area contributed by atoms with Gasteiger partial charge in [0.25, 0.3) is 0 Å². The lowest BCUT2D eigenvalue weighted by Crippen LogP contribution is -2.34. The fourth-order valence-corrected chi connectivity index (χ4v) is 1.59. The molecule has 1 aromatic carbocycles. The van der Waals surface area contributed by atoms with Crippen molar-refractivity contribution in [2.24, 2.45) is 5.41 Å². The van der Waals surface area contributed by atoms with Gasteiger partial charge in [0.05, 0.1) is 0 Å². The molecule has 102 valence electrons. The van der Waals surface area contributed by atoms with Gasteiger partial charge in [-0.15, -0.1) is 0 Å². The minimum atomic E-state index is -0.407. The highest BCUT2D eigenvalue weighted by Crippen LogP contribution is 2.22. The molecule has 0 aliphatic rings. The first-order chi connectivity index (χ1) is 8.26. The molecule has 0 radical (unpaired) electrons. The third kappa shape index (κ3) is 3.75. The first kappa shape index (κ1) is 15.1. The van der Waals surface area contributed by atoms with Crippen molar-refractivity contribution in [2.45, 2.75) is 33.7 Å². The number of halogens is 2. The molecule has 1 aromatic rings. The third-order valence-electron chi connectivity index (χ3n) is 3.06. The number of hydrogen-bond donors (Lipinski definition) is 2. The molecular formula is C14H21F2NO. The monoisotopic (exact) mass is 257 g/mol. The SMILES string of the molecule is Cc1cc(F)c(C(C)NCC(C)(C)CO)cc1F. The standard InChI is InChI=1S/C14H21F2NO/c1-9-5-13(16)11(6-12(9)15)10(2)17-7-14(3,4)8-18/h5-6,10,17-18H,7-8H2,1-4H3. The molecule has 0 saturated heterocycles. The Labute approximate surface area is 107 Å². The molecule has 0 amide bonds. The van der Waals surface area contributed by atoms with Gasteiger partial charge in [-0.1, -0.05) is 13.8 Å². The zero-order valence-electron chi connectivity index (χ0n) is 11.3. The highest BCUT2D eigenvalue weighted by molar-refractivity contribution is 5.27. The largest absolute Gasteiger partial charge is 0.396 e. The predicted octanol–water partition coefficient (Wildman–Crippen LogP) is 2.94. The Bertz CT molecular complexity index is 419. The topological polar surface area (TPSA) is 32.3 Å². The maximum atomic E-state index is 13.7. The van der Waals surface area contributed by atoms with E-state index in [9.17, 15) is 8.78 Å². The molecule has 1 rings (SSSR count). The Morgan fingerprint density at radius 2 is 1.89 bits per heavy atom. The number of aliphatic hydroxyl groups excluding tert-OH is 1. The van der Waals surface area contributed by atoms with E-state index >= 15 is 0 Å². The van der Waals surface area contributed by atoms with Crippen molar-refractivity contribution in [2.75, 3.05) is 13.2 Å². The molecule has 18 heavy (non-hydrogen) atoms. The maximum Gasteiger partial charge on any atom is 0.128 e. The molecule has 2 nitrogen and oxygen atoms in total. The van der Waals surface area contributed by atoms with Gasteiger partial charge in [0.1, 0.15) is 11.6 Å². The van der Waals surface area contributed by atoms with Gasteiger partial charge in [-0.05, 0) is 31.5 Å². The minimum absolute atomic E-state index is 0.0391. The molecule has 0 aliphatic carbocycles. The minimum Gasteiger partial charge on any atom is -0.396 e. The van der Waals surface area contributed by atoms with Crippen LogP contribution in [0.2, 0.25) is 0 Å². The van der Waals surface area contributed by atoms with Crippen LogP contribution in [0.5, 0.6) is 0 Å². The first-order valence-corrected chi connectivity index (χ1v) is 6.06. The zero-order chi connectivity index (χ0) is 13.9. The van der Waals surface area contributed by atoms with E-state index in [0.717, 1.165) is 0 Å². The van der Waals surface area contributed by atoms with Crippen molar-refractivity contribution in [3.63, 3.8) is 0 Å². The van der Waals surface area contributed by atoms with E-state index in [1.165, 1.54) is 19.1 Å². The van der Waals surface area contributed by atoms with Crippen LogP contribution in [0.4, 0.5) is 8.78 Å². The summed E-state index contributed by atoms with van der Waals surface area (Å²) in [5.74, 6) is -0.808. The highest BCUT2D eigenvalue weighted by Gasteiger charge is 2.19. The van der Waals surface area contributed by atoms with Gasteiger partial charge in [0.2, 0.25) is 0 Å². The van der Waals surface area contributed by atoms with Crippen LogP contribution in [0.15, 0.2) is 12.1 Å². The fraction of sp³-hybridized carbons (Fsp3) is 0.571. The predicted molar refractivity (Wildman–Crippen MR) is 68.4 cm³/mol. The van der Waals surface area contributed by atoms with Crippen LogP contribution in [0, 0.1) is 24.0 Å². The zero-order valence-corrected chi connectivity index (χ0v) is 11.3. The molecule has 0 saturated carbocycles. The molecule has 0 aliphatic heterocycles. The van der Waals surface area contributed by atoms with Crippen molar-refractivity contribution < 1.29 is 13.9 Å². The second-order valence-electron chi connectivity index (χ2n) is 5.55. The highest BCUT2D eigenvalue weighted by atomic mass is 19.1. The van der Waals surface area contributed by atoms with E-state index < -0.39 is 11.6 Å². The summed E-state index contributed by atoms with van der Waals surface area (Å²) in [7, 11) is 0. The average Bonchev–Trinajstić information content (AvgIpc) is 2.31. The van der Waals surface area contributed by atoms with Gasteiger partial charge in [-0.2, -0.15) is 0 Å². The van der Waals surface area contributed by atoms with Gasteiger partial charge in [0.15, 0.2) is 0 Å². The summed E-state index contributed by atoms with van der Waals surface area (Å²) in [6.07, 6.45) is 0. The van der Waals surface area contributed by atoms with E-state index in [1.54, 1.807) is 6.92 Å². The lowest BCUT2D eigenvalue weighted by Gasteiger charge is -2.25. The summed E-state index contributed by atoms with van der Waals surface area (Å²) in [5.41, 5.74) is 0.333. The van der Waals surface area contributed by atoms with Crippen LogP contribution >= 0.6 is 0 Å². The number of aryl methyl sites for hydroxylation is 1. The molecule has 4 heteroatoms. The van der Waals surface area contributed by atoms with Crippen molar-refractivity contribution >= 4 is 0 Å². The summed E-state index contributed by atoms with van der Waals surface area (Å²) < 4.78 is 27.2. The lowest BCUT2D eigenvalue weighted by atomic mass is 9.94. The summed E-state index contributed by atoms with van der Waals surface area (Å²) in [6, 6.07) is 2.14. The Balaban J connectivity index is 2.79. The molecule has 0 spiro atoms. The number of nitrogens with one attached hydrogen (secondary N) is 1. The summed E-state index contributed by atoms with van der Waals surface area (Å²) in [5, 5.41) is 12.2. The number of rotatable bonds is 5. The van der Waals surface area contributed by atoms with Gasteiger partial charge >= 0.3 is 0 Å². The first-order valence-electron chi connectivity index (χ1n) is 6.06. The van der Waals surface area contributed by atoms with Crippen LogP contribution < -0.4 is 5.32 Å². The maximum absolute atomic E-state index is 13.7. The van der Waals surface area contributed by atoms with Crippen LogP contribution in [-0.4, -0.2) is 18.3 Å². The van der Waals surface area contributed by atoms with E-state index in [2.05, 4.69) is 5.32 Å². The van der Waals surface area contributed by atoms with Crippen molar-refractivity contribution in [1.29, 1.82) is 0 Å². The van der Waals surface area contributed by atoms with Crippen molar-refractivity contribution in [3.8, 4) is 0 Å². The molecular weight excluding hydrogens is 236 g/mol. The van der Waals surface area contributed by atoms with Gasteiger partial charge in [0, 0.05) is 30.2 Å². The molecule has 1 atom stereocenters.